The van der Waals surface area contributed by atoms with Crippen molar-refractivity contribution in [3.63, 3.8) is 0 Å². The van der Waals surface area contributed by atoms with Crippen LogP contribution >= 0.6 is 0 Å². The highest BCUT2D eigenvalue weighted by atomic mass is 16.6. The van der Waals surface area contributed by atoms with E-state index in [2.05, 4.69) is 19.9 Å². The standard InChI is InChI=1S/C68H66N8O8/c1-45-21-25-55(69-39-45)59-17-11-19-61(73-59)57-27-23-47(41-71-57)43-81-31-29-79-33-35-83-65-53(67(77)75(3)4)37-49-13-7-9-15-51(49)63(65)64-52-16-10-8-14-50(52)38-54(68(78)76(5)6)66(64)84-36-34-80-30-32-82-44-48-24-28-58(72-42-48)62-20-12-18-60(74-62)56-26-22-46(2)40-70-56/h7-28,37-42H,29-36,43-44H2,1-6H3. The number of ether oxygens (including phenoxy) is 6. The first-order valence-electron chi connectivity index (χ1n) is 27.8. The fourth-order valence-corrected chi connectivity index (χ4v) is 9.48. The van der Waals surface area contributed by atoms with Crippen molar-refractivity contribution in [2.45, 2.75) is 27.1 Å². The highest BCUT2D eigenvalue weighted by Crippen LogP contribution is 2.49. The summed E-state index contributed by atoms with van der Waals surface area (Å²) in [6, 6.07) is 46.8. The molecule has 6 aromatic heterocycles. The van der Waals surface area contributed by atoms with Crippen LogP contribution in [0.3, 0.4) is 0 Å². The van der Waals surface area contributed by atoms with Crippen molar-refractivity contribution >= 4 is 33.4 Å². The molecule has 0 aliphatic rings. The van der Waals surface area contributed by atoms with Gasteiger partial charge >= 0.3 is 0 Å². The van der Waals surface area contributed by atoms with E-state index in [9.17, 15) is 9.59 Å². The van der Waals surface area contributed by atoms with Crippen molar-refractivity contribution in [2.75, 3.05) is 81.0 Å². The Morgan fingerprint density at radius 2 is 0.738 bits per heavy atom. The molecule has 10 aromatic rings. The summed E-state index contributed by atoms with van der Waals surface area (Å²) in [5.41, 5.74) is 12.1. The second kappa shape index (κ2) is 27.6. The number of nitrogens with zero attached hydrogens (tertiary/aromatic N) is 8. The van der Waals surface area contributed by atoms with Gasteiger partial charge in [0.05, 0.1) is 110 Å². The summed E-state index contributed by atoms with van der Waals surface area (Å²) in [6.45, 7) is 6.53. The molecule has 0 radical (unpaired) electrons. The number of pyridine rings is 6. The maximum Gasteiger partial charge on any atom is 0.257 e. The molecule has 84 heavy (non-hydrogen) atoms. The molecule has 10 rings (SSSR count). The number of hydrogen-bond donors (Lipinski definition) is 0. The highest BCUT2D eigenvalue weighted by molar-refractivity contribution is 6.16. The van der Waals surface area contributed by atoms with Crippen LogP contribution in [0.1, 0.15) is 43.0 Å². The molecule has 0 aliphatic carbocycles. The predicted octanol–water partition coefficient (Wildman–Crippen LogP) is 11.9. The van der Waals surface area contributed by atoms with Crippen LogP contribution in [-0.4, -0.2) is 133 Å². The molecule has 0 N–H and O–H groups in total. The Labute approximate surface area is 489 Å². The molecule has 16 nitrogen and oxygen atoms in total. The van der Waals surface area contributed by atoms with Crippen LogP contribution in [0.2, 0.25) is 0 Å². The Balaban J connectivity index is 0.798. The molecule has 6 heterocycles. The topological polar surface area (TPSA) is 173 Å². The molecule has 4 aromatic carbocycles. The zero-order chi connectivity index (χ0) is 58.4. The van der Waals surface area contributed by atoms with E-state index >= 15 is 0 Å². The van der Waals surface area contributed by atoms with Gasteiger partial charge in [-0.3, -0.25) is 29.5 Å². The number of benzene rings is 4. The van der Waals surface area contributed by atoms with Crippen LogP contribution in [0, 0.1) is 13.8 Å². The van der Waals surface area contributed by atoms with Crippen molar-refractivity contribution in [1.29, 1.82) is 0 Å². The van der Waals surface area contributed by atoms with E-state index in [1.807, 2.05) is 172 Å². The van der Waals surface area contributed by atoms with Gasteiger partial charge in [0.1, 0.15) is 24.7 Å². The molecule has 16 heteroatoms. The molecule has 0 bridgehead atoms. The van der Waals surface area contributed by atoms with E-state index in [1.54, 1.807) is 40.6 Å². The summed E-state index contributed by atoms with van der Waals surface area (Å²) < 4.78 is 37.6. The van der Waals surface area contributed by atoms with E-state index in [1.165, 1.54) is 9.80 Å². The van der Waals surface area contributed by atoms with E-state index in [4.69, 9.17) is 38.4 Å². The van der Waals surface area contributed by atoms with E-state index in [-0.39, 0.29) is 38.2 Å². The minimum atomic E-state index is -0.260. The molecule has 0 spiro atoms. The van der Waals surface area contributed by atoms with Gasteiger partial charge in [-0.25, -0.2) is 9.97 Å². The van der Waals surface area contributed by atoms with Crippen molar-refractivity contribution in [3.05, 3.63) is 204 Å². The van der Waals surface area contributed by atoms with Gasteiger partial charge in [-0.1, -0.05) is 84.9 Å². The van der Waals surface area contributed by atoms with Crippen LogP contribution in [-0.2, 0) is 32.2 Å². The van der Waals surface area contributed by atoms with E-state index < -0.39 is 0 Å². The summed E-state index contributed by atoms with van der Waals surface area (Å²) >= 11 is 0. The van der Waals surface area contributed by atoms with Gasteiger partial charge in [-0.05, 0) is 118 Å². The fourth-order valence-electron chi connectivity index (χ4n) is 9.48. The number of aryl methyl sites for hydroxylation is 2. The average molecular weight is 1120 g/mol. The first kappa shape index (κ1) is 57.9. The molecule has 0 atom stereocenters. The molecular weight excluding hydrogens is 1060 g/mol. The number of rotatable bonds is 25. The summed E-state index contributed by atoms with van der Waals surface area (Å²) in [4.78, 5) is 59.6. The Morgan fingerprint density at radius 1 is 0.381 bits per heavy atom. The van der Waals surface area contributed by atoms with Crippen LogP contribution in [0.25, 0.3) is 78.2 Å². The Kier molecular flexibility index (Phi) is 19.0. The van der Waals surface area contributed by atoms with Gasteiger partial charge in [-0.15, -0.1) is 0 Å². The number of carbonyl (C=O) groups excluding carboxylic acids is 2. The number of aromatic nitrogens is 6. The fraction of sp³-hybridized carbons (Fsp3) is 0.235. The van der Waals surface area contributed by atoms with Crippen molar-refractivity contribution in [3.8, 4) is 68.2 Å². The Bertz CT molecular complexity index is 3620. The average Bonchev–Trinajstić information content (AvgIpc) is 1.57. The number of hydrogen-bond acceptors (Lipinski definition) is 14. The third kappa shape index (κ3) is 14.1. The predicted molar refractivity (Wildman–Crippen MR) is 326 cm³/mol. The Morgan fingerprint density at radius 3 is 1.10 bits per heavy atom. The summed E-state index contributed by atoms with van der Waals surface area (Å²) in [6.07, 6.45) is 7.25. The van der Waals surface area contributed by atoms with Crippen LogP contribution in [0.5, 0.6) is 11.5 Å². The number of fused-ring (bicyclic) bond motifs is 2. The molecule has 0 aliphatic heterocycles. The second-order valence-corrected chi connectivity index (χ2v) is 20.5. The first-order chi connectivity index (χ1) is 41.0. The molecule has 0 saturated heterocycles. The van der Waals surface area contributed by atoms with Gasteiger partial charge in [-0.2, -0.15) is 0 Å². The molecular formula is C68H66N8O8. The lowest BCUT2D eigenvalue weighted by molar-refractivity contribution is 0.0300. The molecule has 2 amide bonds. The largest absolute Gasteiger partial charge is 0.490 e. The minimum absolute atomic E-state index is 0.0980. The molecule has 0 unspecified atom stereocenters. The van der Waals surface area contributed by atoms with Crippen molar-refractivity contribution < 1.29 is 38.0 Å². The van der Waals surface area contributed by atoms with Crippen LogP contribution in [0.15, 0.2) is 170 Å². The zero-order valence-electron chi connectivity index (χ0n) is 48.1. The van der Waals surface area contributed by atoms with Gasteiger partial charge in [0.15, 0.2) is 0 Å². The van der Waals surface area contributed by atoms with Gasteiger partial charge in [0.2, 0.25) is 0 Å². The zero-order valence-corrected chi connectivity index (χ0v) is 48.1. The Hall–Kier alpha value is -9.32. The monoisotopic (exact) mass is 1120 g/mol. The minimum Gasteiger partial charge on any atom is -0.490 e. The number of carbonyl (C=O) groups is 2. The van der Waals surface area contributed by atoms with Gasteiger partial charge in [0.25, 0.3) is 11.8 Å². The summed E-state index contributed by atoms with van der Waals surface area (Å²) in [7, 11) is 6.83. The third-order valence-corrected chi connectivity index (χ3v) is 13.8. The molecule has 426 valence electrons. The summed E-state index contributed by atoms with van der Waals surface area (Å²) in [5.74, 6) is 0.149. The van der Waals surface area contributed by atoms with E-state index in [0.29, 0.717) is 73.4 Å². The smallest absolute Gasteiger partial charge is 0.257 e. The lowest BCUT2D eigenvalue weighted by Crippen LogP contribution is -2.24. The third-order valence-electron chi connectivity index (χ3n) is 13.8. The van der Waals surface area contributed by atoms with Gasteiger partial charge in [0, 0.05) is 64.1 Å². The lowest BCUT2D eigenvalue weighted by Gasteiger charge is -2.25. The summed E-state index contributed by atoms with van der Waals surface area (Å²) in [5, 5.41) is 3.21. The quantitative estimate of drug-likeness (QED) is 0.0495. The molecule has 0 fully saturated rings. The number of amides is 2. The van der Waals surface area contributed by atoms with Crippen molar-refractivity contribution in [2.24, 2.45) is 0 Å². The van der Waals surface area contributed by atoms with Crippen molar-refractivity contribution in [1.82, 2.24) is 39.7 Å². The van der Waals surface area contributed by atoms with Crippen LogP contribution < -0.4 is 9.47 Å². The highest BCUT2D eigenvalue weighted by Gasteiger charge is 2.29. The maximum absolute atomic E-state index is 14.3. The lowest BCUT2D eigenvalue weighted by atomic mass is 9.88. The van der Waals surface area contributed by atoms with Crippen LogP contribution in [0.4, 0.5) is 0 Å². The SMILES string of the molecule is Cc1ccc(-c2cccc(-c3ccc(COCCOCCOc4c(C(=O)N(C)C)cc5ccccc5c4-c4c(OCCOCCOCc5ccc(-c6cccc(-c7ccc(C)cn7)n6)nc5)c(C(=O)N(C)C)cc5ccccc45)cn3)n2)nc1. The normalized spacial score (nSPS) is 11.3. The molecule has 0 saturated carbocycles. The first-order valence-corrected chi connectivity index (χ1v) is 27.8. The maximum atomic E-state index is 14.3. The van der Waals surface area contributed by atoms with E-state index in [0.717, 1.165) is 89.4 Å². The second-order valence-electron chi connectivity index (χ2n) is 20.5. The van der Waals surface area contributed by atoms with Gasteiger partial charge < -0.3 is 38.2 Å².